The zero-order valence-corrected chi connectivity index (χ0v) is 16.4. The average molecular weight is 421 g/mol. The van der Waals surface area contributed by atoms with Gasteiger partial charge in [-0.05, 0) is 31.6 Å². The van der Waals surface area contributed by atoms with Crippen LogP contribution in [0.15, 0.2) is 18.3 Å². The molecule has 1 aromatic carbocycles. The summed E-state index contributed by atoms with van der Waals surface area (Å²) in [6, 6.07) is 0.720. The number of benzene rings is 1. The minimum absolute atomic E-state index is 0.159. The lowest BCUT2D eigenvalue weighted by Gasteiger charge is -2.35. The third-order valence-electron chi connectivity index (χ3n) is 6.46. The first-order chi connectivity index (χ1) is 14.3. The van der Waals surface area contributed by atoms with Crippen molar-refractivity contribution in [2.75, 3.05) is 16.8 Å². The molecule has 2 fully saturated rings. The topological polar surface area (TPSA) is 73.6 Å². The van der Waals surface area contributed by atoms with Crippen LogP contribution in [-0.4, -0.2) is 44.6 Å². The standard InChI is InChI=1S/C20H22F3N5O2/c1-11-8-28-16(15(7-24-28)27-10-20(2-3-20)6-17(27)29)9-26(11)19(30)25-12-4-13(21)18(23)14(22)5-12/h4-5,7,11,17,29H,2-3,6,8-10H2,1H3,(H,25,30)/t11-,17?/m0/s1. The lowest BCUT2D eigenvalue weighted by atomic mass is 10.1. The average Bonchev–Trinajstić information content (AvgIpc) is 3.19. The highest BCUT2D eigenvalue weighted by atomic mass is 19.2. The highest BCUT2D eigenvalue weighted by Crippen LogP contribution is 2.55. The Hall–Kier alpha value is -2.75. The number of carbonyl (C=O) groups is 1. The van der Waals surface area contributed by atoms with Crippen LogP contribution in [0, 0.1) is 22.9 Å². The number of carbonyl (C=O) groups excluding carboxylic acids is 1. The van der Waals surface area contributed by atoms with E-state index in [9.17, 15) is 23.1 Å². The van der Waals surface area contributed by atoms with Gasteiger partial charge in [0.2, 0.25) is 0 Å². The molecule has 1 spiro atoms. The van der Waals surface area contributed by atoms with E-state index in [-0.39, 0.29) is 23.7 Å². The van der Waals surface area contributed by atoms with E-state index in [1.807, 2.05) is 16.5 Å². The second-order valence-electron chi connectivity index (χ2n) is 8.63. The van der Waals surface area contributed by atoms with Crippen molar-refractivity contribution >= 4 is 17.4 Å². The van der Waals surface area contributed by atoms with E-state index < -0.39 is 29.7 Å². The number of rotatable bonds is 2. The van der Waals surface area contributed by atoms with E-state index >= 15 is 0 Å². The Morgan fingerprint density at radius 3 is 2.60 bits per heavy atom. The van der Waals surface area contributed by atoms with Gasteiger partial charge in [-0.3, -0.25) is 4.68 Å². The number of urea groups is 1. The molecule has 1 aromatic heterocycles. The van der Waals surface area contributed by atoms with Crippen LogP contribution in [0.2, 0.25) is 0 Å². The number of amides is 2. The van der Waals surface area contributed by atoms with Crippen LogP contribution in [0.5, 0.6) is 0 Å². The summed E-state index contributed by atoms with van der Waals surface area (Å²) in [4.78, 5) is 16.3. The molecule has 160 valence electrons. The van der Waals surface area contributed by atoms with Gasteiger partial charge in [-0.15, -0.1) is 0 Å². The Labute approximate surface area is 171 Å². The van der Waals surface area contributed by atoms with Gasteiger partial charge in [-0.1, -0.05) is 0 Å². The van der Waals surface area contributed by atoms with Crippen molar-refractivity contribution in [3.63, 3.8) is 0 Å². The molecule has 0 radical (unpaired) electrons. The monoisotopic (exact) mass is 421 g/mol. The van der Waals surface area contributed by atoms with E-state index in [1.54, 1.807) is 6.20 Å². The van der Waals surface area contributed by atoms with E-state index in [0.29, 0.717) is 6.54 Å². The lowest BCUT2D eigenvalue weighted by molar-refractivity contribution is 0.160. The van der Waals surface area contributed by atoms with Crippen LogP contribution >= 0.6 is 0 Å². The van der Waals surface area contributed by atoms with Crippen LogP contribution in [0.25, 0.3) is 0 Å². The summed E-state index contributed by atoms with van der Waals surface area (Å²) in [6.45, 7) is 3.29. The van der Waals surface area contributed by atoms with Crippen LogP contribution in [-0.2, 0) is 13.1 Å². The van der Waals surface area contributed by atoms with Gasteiger partial charge in [0.25, 0.3) is 0 Å². The minimum Gasteiger partial charge on any atom is -0.374 e. The summed E-state index contributed by atoms with van der Waals surface area (Å²) in [5, 5.41) is 17.4. The summed E-state index contributed by atoms with van der Waals surface area (Å²) < 4.78 is 41.9. The number of anilines is 2. The number of nitrogens with zero attached hydrogens (tertiary/aromatic N) is 4. The summed E-state index contributed by atoms with van der Waals surface area (Å²) in [7, 11) is 0. The molecular weight excluding hydrogens is 399 g/mol. The molecule has 2 amide bonds. The summed E-state index contributed by atoms with van der Waals surface area (Å²) in [5.41, 5.74) is 1.64. The summed E-state index contributed by atoms with van der Waals surface area (Å²) in [6.07, 6.45) is 4.10. The van der Waals surface area contributed by atoms with Crippen molar-refractivity contribution in [2.24, 2.45) is 5.41 Å². The summed E-state index contributed by atoms with van der Waals surface area (Å²) >= 11 is 0. The maximum absolute atomic E-state index is 13.5. The predicted molar refractivity (Wildman–Crippen MR) is 102 cm³/mol. The van der Waals surface area contributed by atoms with Gasteiger partial charge >= 0.3 is 6.03 Å². The minimum atomic E-state index is -1.58. The van der Waals surface area contributed by atoms with E-state index in [4.69, 9.17) is 0 Å². The van der Waals surface area contributed by atoms with Gasteiger partial charge in [0.1, 0.15) is 6.23 Å². The molecule has 2 aliphatic heterocycles. The molecule has 1 aliphatic carbocycles. The van der Waals surface area contributed by atoms with Crippen molar-refractivity contribution in [1.29, 1.82) is 0 Å². The van der Waals surface area contributed by atoms with Crippen LogP contribution in [0.1, 0.15) is 31.9 Å². The highest BCUT2D eigenvalue weighted by Gasteiger charge is 2.52. The third-order valence-corrected chi connectivity index (χ3v) is 6.46. The Kier molecular flexibility index (Phi) is 4.25. The van der Waals surface area contributed by atoms with Gasteiger partial charge < -0.3 is 20.2 Å². The lowest BCUT2D eigenvalue weighted by Crippen LogP contribution is -2.47. The number of hydrogen-bond acceptors (Lipinski definition) is 4. The third kappa shape index (κ3) is 3.10. The SMILES string of the molecule is C[C@H]1Cn2ncc(N3CC4(CC4)CC3O)c2CN1C(=O)Nc1cc(F)c(F)c(F)c1. The quantitative estimate of drug-likeness (QED) is 0.732. The predicted octanol–water partition coefficient (Wildman–Crippen LogP) is 3.05. The number of hydrogen-bond donors (Lipinski definition) is 2. The van der Waals surface area contributed by atoms with Gasteiger partial charge in [0, 0.05) is 24.4 Å². The van der Waals surface area contributed by atoms with E-state index in [2.05, 4.69) is 10.4 Å². The molecule has 3 heterocycles. The fraction of sp³-hybridized carbons (Fsp3) is 0.500. The molecule has 2 atom stereocenters. The molecule has 3 aliphatic rings. The molecule has 0 bridgehead atoms. The molecule has 30 heavy (non-hydrogen) atoms. The molecule has 10 heteroatoms. The summed E-state index contributed by atoms with van der Waals surface area (Å²) in [5.74, 6) is -4.31. The normalized spacial score (nSPS) is 24.3. The number of fused-ring (bicyclic) bond motifs is 1. The zero-order valence-electron chi connectivity index (χ0n) is 16.4. The van der Waals surface area contributed by atoms with Crippen molar-refractivity contribution < 1.29 is 23.1 Å². The van der Waals surface area contributed by atoms with Crippen LogP contribution in [0.3, 0.4) is 0 Å². The molecule has 1 unspecified atom stereocenters. The second kappa shape index (κ2) is 6.63. The molecule has 1 saturated heterocycles. The Morgan fingerprint density at radius 1 is 1.27 bits per heavy atom. The smallest absolute Gasteiger partial charge is 0.322 e. The largest absolute Gasteiger partial charge is 0.374 e. The zero-order chi connectivity index (χ0) is 21.2. The molecule has 2 N–H and O–H groups in total. The number of aliphatic hydroxyl groups excluding tert-OH is 1. The van der Waals surface area contributed by atoms with E-state index in [1.165, 1.54) is 4.90 Å². The number of aromatic nitrogens is 2. The van der Waals surface area contributed by atoms with Gasteiger partial charge in [-0.2, -0.15) is 5.10 Å². The maximum atomic E-state index is 13.5. The molecular formula is C20H22F3N5O2. The Bertz CT molecular complexity index is 999. The first-order valence-electron chi connectivity index (χ1n) is 9.98. The fourth-order valence-electron chi connectivity index (χ4n) is 4.54. The van der Waals surface area contributed by atoms with Crippen molar-refractivity contribution in [3.05, 3.63) is 41.5 Å². The second-order valence-corrected chi connectivity index (χ2v) is 8.63. The van der Waals surface area contributed by atoms with Gasteiger partial charge in [-0.25, -0.2) is 18.0 Å². The first kappa shape index (κ1) is 19.2. The number of aliphatic hydroxyl groups is 1. The van der Waals surface area contributed by atoms with Crippen molar-refractivity contribution in [2.45, 2.75) is 51.5 Å². The fourth-order valence-corrected chi connectivity index (χ4v) is 4.54. The Balaban J connectivity index is 1.37. The molecule has 7 nitrogen and oxygen atoms in total. The first-order valence-corrected chi connectivity index (χ1v) is 9.98. The molecule has 1 saturated carbocycles. The molecule has 5 rings (SSSR count). The number of nitrogens with one attached hydrogen (secondary N) is 1. The van der Waals surface area contributed by atoms with Crippen molar-refractivity contribution in [1.82, 2.24) is 14.7 Å². The molecule has 2 aromatic rings. The van der Waals surface area contributed by atoms with E-state index in [0.717, 1.165) is 49.3 Å². The van der Waals surface area contributed by atoms with Gasteiger partial charge in [0.05, 0.1) is 36.7 Å². The number of halogens is 3. The van der Waals surface area contributed by atoms with Crippen molar-refractivity contribution in [3.8, 4) is 0 Å². The highest BCUT2D eigenvalue weighted by molar-refractivity contribution is 5.89. The Morgan fingerprint density at radius 2 is 1.97 bits per heavy atom. The van der Waals surface area contributed by atoms with Crippen LogP contribution < -0.4 is 10.2 Å². The maximum Gasteiger partial charge on any atom is 0.322 e. The van der Waals surface area contributed by atoms with Crippen LogP contribution in [0.4, 0.5) is 29.3 Å². The van der Waals surface area contributed by atoms with Gasteiger partial charge in [0.15, 0.2) is 17.5 Å².